The summed E-state index contributed by atoms with van der Waals surface area (Å²) in [7, 11) is -3.56. The second kappa shape index (κ2) is 12.7. The molecule has 1 saturated carbocycles. The first-order chi connectivity index (χ1) is 21.3. The van der Waals surface area contributed by atoms with E-state index < -0.39 is 15.3 Å². The number of carbonyl (C=O) groups excluding carboxylic acids is 1. The van der Waals surface area contributed by atoms with Crippen molar-refractivity contribution in [3.05, 3.63) is 84.7 Å². The van der Waals surface area contributed by atoms with Gasteiger partial charge in [-0.3, -0.25) is 9.78 Å². The van der Waals surface area contributed by atoms with Gasteiger partial charge in [0.15, 0.2) is 0 Å². The topological polar surface area (TPSA) is 104 Å². The number of carbonyl (C=O) groups is 1. The molecule has 44 heavy (non-hydrogen) atoms. The molecule has 2 aromatic carbocycles. The van der Waals surface area contributed by atoms with Crippen molar-refractivity contribution in [1.29, 1.82) is 5.26 Å². The standard InChI is InChI=1S/C35H40N4O4S/c1-26(40)43-34-9-5-8-33(34)35(25-36,28-6-3-2-4-7-28)29-16-20-38(21-17-29)22-27-23-39(24-27)30-10-12-31(13-11-30)44(41,42)32-14-18-37-19-15-32/h2-4,6-7,10-15,18-19,27,29,33-34H,5,8-9,16-17,20-24H2,1H3. The van der Waals surface area contributed by atoms with Gasteiger partial charge in [0.25, 0.3) is 0 Å². The van der Waals surface area contributed by atoms with Crippen LogP contribution >= 0.6 is 0 Å². The maximum atomic E-state index is 12.9. The number of hydrogen-bond donors (Lipinski definition) is 0. The van der Waals surface area contributed by atoms with Crippen LogP contribution in [0.3, 0.4) is 0 Å². The summed E-state index contributed by atoms with van der Waals surface area (Å²) in [6, 6.07) is 23.2. The molecule has 9 heteroatoms. The molecule has 2 saturated heterocycles. The number of rotatable bonds is 9. The Labute approximate surface area is 260 Å². The third-order valence-corrected chi connectivity index (χ3v) is 11.8. The molecule has 1 aromatic heterocycles. The average Bonchev–Trinajstić information content (AvgIpc) is 3.49. The first-order valence-corrected chi connectivity index (χ1v) is 17.2. The van der Waals surface area contributed by atoms with Gasteiger partial charge in [-0.2, -0.15) is 5.26 Å². The van der Waals surface area contributed by atoms with Gasteiger partial charge in [0, 0.05) is 56.5 Å². The van der Waals surface area contributed by atoms with Gasteiger partial charge in [0.05, 0.1) is 21.3 Å². The minimum absolute atomic E-state index is 0.00150. The van der Waals surface area contributed by atoms with Crippen molar-refractivity contribution in [2.45, 2.75) is 60.3 Å². The summed E-state index contributed by atoms with van der Waals surface area (Å²) >= 11 is 0. The predicted molar refractivity (Wildman–Crippen MR) is 168 cm³/mol. The fourth-order valence-electron chi connectivity index (χ4n) is 7.83. The largest absolute Gasteiger partial charge is 0.462 e. The second-order valence-corrected chi connectivity index (χ2v) is 14.5. The molecule has 6 rings (SSSR count). The molecule has 3 fully saturated rings. The molecule has 0 N–H and O–H groups in total. The molecule has 1 aliphatic carbocycles. The molecule has 0 spiro atoms. The zero-order valence-corrected chi connectivity index (χ0v) is 26.0. The van der Waals surface area contributed by atoms with Crippen molar-refractivity contribution in [2.75, 3.05) is 37.6 Å². The third kappa shape index (κ3) is 5.85. The highest BCUT2D eigenvalue weighted by atomic mass is 32.2. The van der Waals surface area contributed by atoms with Crippen LogP contribution in [0.2, 0.25) is 0 Å². The van der Waals surface area contributed by atoms with Crippen molar-refractivity contribution in [1.82, 2.24) is 9.88 Å². The molecule has 3 aromatic rings. The van der Waals surface area contributed by atoms with Crippen LogP contribution in [-0.4, -0.2) is 63.1 Å². The van der Waals surface area contributed by atoms with Crippen LogP contribution in [0.1, 0.15) is 44.6 Å². The Bertz CT molecular complexity index is 1580. The summed E-state index contributed by atoms with van der Waals surface area (Å²) in [5.41, 5.74) is 1.42. The summed E-state index contributed by atoms with van der Waals surface area (Å²) in [4.78, 5) is 21.2. The lowest BCUT2D eigenvalue weighted by Gasteiger charge is -2.48. The number of nitrogens with zero attached hydrogens (tertiary/aromatic N) is 4. The van der Waals surface area contributed by atoms with Crippen LogP contribution in [0.5, 0.6) is 0 Å². The lowest BCUT2D eigenvalue weighted by atomic mass is 9.59. The maximum Gasteiger partial charge on any atom is 0.302 e. The van der Waals surface area contributed by atoms with E-state index >= 15 is 0 Å². The zero-order valence-electron chi connectivity index (χ0n) is 25.2. The number of esters is 1. The van der Waals surface area contributed by atoms with Crippen LogP contribution in [0.15, 0.2) is 88.9 Å². The van der Waals surface area contributed by atoms with Gasteiger partial charge in [-0.1, -0.05) is 30.3 Å². The molecule has 3 heterocycles. The Morgan fingerprint density at radius 1 is 0.955 bits per heavy atom. The van der Waals surface area contributed by atoms with E-state index in [4.69, 9.17) is 4.74 Å². The van der Waals surface area contributed by atoms with E-state index in [1.165, 1.54) is 31.5 Å². The fraction of sp³-hybridized carbons (Fsp3) is 0.457. The average molecular weight is 613 g/mol. The van der Waals surface area contributed by atoms with Crippen molar-refractivity contribution >= 4 is 21.5 Å². The number of anilines is 1. The predicted octanol–water partition coefficient (Wildman–Crippen LogP) is 5.26. The number of piperidine rings is 1. The van der Waals surface area contributed by atoms with Crippen LogP contribution in [0.25, 0.3) is 0 Å². The van der Waals surface area contributed by atoms with Gasteiger partial charge in [-0.15, -0.1) is 0 Å². The first kappa shape index (κ1) is 30.3. The van der Waals surface area contributed by atoms with E-state index in [-0.39, 0.29) is 33.7 Å². The van der Waals surface area contributed by atoms with Gasteiger partial charge < -0.3 is 14.5 Å². The molecular weight excluding hydrogens is 572 g/mol. The maximum absolute atomic E-state index is 12.9. The van der Waals surface area contributed by atoms with Crippen LogP contribution in [0, 0.1) is 29.1 Å². The summed E-state index contributed by atoms with van der Waals surface area (Å²) in [6.45, 7) is 6.26. The Balaban J connectivity index is 1.06. The van der Waals surface area contributed by atoms with Gasteiger partial charge in [0.2, 0.25) is 9.84 Å². The Morgan fingerprint density at radius 2 is 1.61 bits per heavy atom. The highest BCUT2D eigenvalue weighted by molar-refractivity contribution is 7.91. The second-order valence-electron chi connectivity index (χ2n) is 12.6. The number of benzene rings is 2. The van der Waals surface area contributed by atoms with E-state index in [0.717, 1.165) is 76.1 Å². The number of nitriles is 1. The number of aromatic nitrogens is 1. The lowest BCUT2D eigenvalue weighted by molar-refractivity contribution is -0.149. The van der Waals surface area contributed by atoms with Crippen molar-refractivity contribution in [3.63, 3.8) is 0 Å². The number of likely N-dealkylation sites (tertiary alicyclic amines) is 1. The Hall–Kier alpha value is -3.74. The minimum Gasteiger partial charge on any atom is -0.462 e. The van der Waals surface area contributed by atoms with Gasteiger partial charge in [0.1, 0.15) is 6.10 Å². The number of sulfone groups is 1. The van der Waals surface area contributed by atoms with E-state index in [1.54, 1.807) is 12.1 Å². The highest BCUT2D eigenvalue weighted by Crippen LogP contribution is 2.51. The van der Waals surface area contributed by atoms with Gasteiger partial charge >= 0.3 is 5.97 Å². The first-order valence-electron chi connectivity index (χ1n) is 15.7. The molecular formula is C35H40N4O4S. The molecule has 3 aliphatic rings. The minimum atomic E-state index is -3.56. The van der Waals surface area contributed by atoms with E-state index in [1.807, 2.05) is 30.3 Å². The zero-order chi connectivity index (χ0) is 30.7. The monoisotopic (exact) mass is 612 g/mol. The van der Waals surface area contributed by atoms with E-state index in [2.05, 4.69) is 33.0 Å². The van der Waals surface area contributed by atoms with Crippen molar-refractivity contribution in [2.24, 2.45) is 17.8 Å². The number of hydrogen-bond acceptors (Lipinski definition) is 8. The quantitative estimate of drug-likeness (QED) is 0.302. The highest BCUT2D eigenvalue weighted by Gasteiger charge is 2.53. The van der Waals surface area contributed by atoms with E-state index in [0.29, 0.717) is 5.92 Å². The molecule has 3 atom stereocenters. The van der Waals surface area contributed by atoms with Gasteiger partial charge in [-0.25, -0.2) is 8.42 Å². The normalized spacial score (nSPS) is 23.0. The molecule has 3 unspecified atom stereocenters. The van der Waals surface area contributed by atoms with Crippen LogP contribution in [-0.2, 0) is 24.8 Å². The summed E-state index contributed by atoms with van der Waals surface area (Å²) in [5, 5.41) is 10.9. The summed E-state index contributed by atoms with van der Waals surface area (Å²) in [5.74, 6) is 0.482. The SMILES string of the molecule is CC(=O)OC1CCCC1C(C#N)(c1ccccc1)C1CCN(CC2CN(c3ccc(S(=O)(=O)c4ccncc4)cc3)C2)CC1. The Kier molecular flexibility index (Phi) is 8.75. The fourth-order valence-corrected chi connectivity index (χ4v) is 9.07. The number of pyridine rings is 1. The summed E-state index contributed by atoms with van der Waals surface area (Å²) < 4.78 is 31.6. The molecule has 8 nitrogen and oxygen atoms in total. The third-order valence-electron chi connectivity index (χ3n) is 9.97. The smallest absolute Gasteiger partial charge is 0.302 e. The molecule has 230 valence electrons. The van der Waals surface area contributed by atoms with Gasteiger partial charge in [-0.05, 0) is 93.1 Å². The molecule has 0 bridgehead atoms. The van der Waals surface area contributed by atoms with Crippen molar-refractivity contribution in [3.8, 4) is 6.07 Å². The van der Waals surface area contributed by atoms with E-state index in [9.17, 15) is 18.5 Å². The lowest BCUT2D eigenvalue weighted by Crippen LogP contribution is -2.54. The van der Waals surface area contributed by atoms with Crippen molar-refractivity contribution < 1.29 is 17.9 Å². The molecule has 0 amide bonds. The molecule has 2 aliphatic heterocycles. The van der Waals surface area contributed by atoms with Crippen LogP contribution in [0.4, 0.5) is 5.69 Å². The molecule has 0 radical (unpaired) electrons. The summed E-state index contributed by atoms with van der Waals surface area (Å²) in [6.07, 6.45) is 7.34. The number of ether oxygens (including phenoxy) is 1. The van der Waals surface area contributed by atoms with Crippen LogP contribution < -0.4 is 4.90 Å². The Morgan fingerprint density at radius 3 is 2.25 bits per heavy atom.